The Labute approximate surface area is 194 Å². The van der Waals surface area contributed by atoms with Crippen LogP contribution in [0.2, 0.25) is 0 Å². The molecule has 162 valence electrons. The monoisotopic (exact) mass is 491 g/mol. The fraction of sp³-hybridized carbons (Fsp3) is 0.154. The van der Waals surface area contributed by atoms with Gasteiger partial charge in [0.2, 0.25) is 0 Å². The van der Waals surface area contributed by atoms with Crippen molar-refractivity contribution in [3.05, 3.63) is 94.1 Å². The van der Waals surface area contributed by atoms with E-state index in [4.69, 9.17) is 9.47 Å². The average Bonchev–Trinajstić information content (AvgIpc) is 3.09. The van der Waals surface area contributed by atoms with Gasteiger partial charge in [-0.2, -0.15) is 0 Å². The van der Waals surface area contributed by atoms with Crippen molar-refractivity contribution in [1.29, 1.82) is 0 Å². The van der Waals surface area contributed by atoms with Crippen LogP contribution in [0.4, 0.5) is 0 Å². The molecule has 0 radical (unpaired) electrons. The summed E-state index contributed by atoms with van der Waals surface area (Å²) in [5, 5.41) is 0.714. The number of benzene rings is 3. The Morgan fingerprint density at radius 3 is 2.47 bits per heavy atom. The van der Waals surface area contributed by atoms with Crippen molar-refractivity contribution in [2.24, 2.45) is 0 Å². The molecule has 4 rings (SSSR count). The Hall–Kier alpha value is -3.38. The first-order valence-electron chi connectivity index (χ1n) is 10.3. The lowest BCUT2D eigenvalue weighted by Gasteiger charge is -2.10. The topological polar surface area (TPSA) is 57.5 Å². The Morgan fingerprint density at radius 2 is 1.75 bits per heavy atom. The third kappa shape index (κ3) is 4.32. The number of ether oxygens (including phenoxy) is 2. The van der Waals surface area contributed by atoms with Crippen molar-refractivity contribution in [3.63, 3.8) is 0 Å². The van der Waals surface area contributed by atoms with Gasteiger partial charge in [0.1, 0.15) is 5.75 Å². The molecule has 0 spiro atoms. The van der Waals surface area contributed by atoms with E-state index in [0.29, 0.717) is 22.3 Å². The van der Waals surface area contributed by atoms with E-state index >= 15 is 0 Å². The molecule has 4 aromatic rings. The molecule has 5 nitrogen and oxygen atoms in total. The lowest BCUT2D eigenvalue weighted by atomic mass is 10.1. The number of carbonyl (C=O) groups excluding carboxylic acids is 2. The Bertz CT molecular complexity index is 1290. The highest BCUT2D eigenvalue weighted by Gasteiger charge is 2.22. The van der Waals surface area contributed by atoms with Crippen LogP contribution >= 0.6 is 15.9 Å². The van der Waals surface area contributed by atoms with Gasteiger partial charge in [-0.25, -0.2) is 4.79 Å². The van der Waals surface area contributed by atoms with Crippen molar-refractivity contribution < 1.29 is 19.1 Å². The summed E-state index contributed by atoms with van der Waals surface area (Å²) in [7, 11) is 0. The molecule has 0 aliphatic carbocycles. The summed E-state index contributed by atoms with van der Waals surface area (Å²) < 4.78 is 14.1. The number of hydrogen-bond acceptors (Lipinski definition) is 4. The highest BCUT2D eigenvalue weighted by molar-refractivity contribution is 9.10. The Kier molecular flexibility index (Phi) is 6.42. The molecule has 1 aromatic heterocycles. The molecule has 0 saturated carbocycles. The number of nitrogens with zero attached hydrogens (tertiary/aromatic N) is 1. The van der Waals surface area contributed by atoms with E-state index in [2.05, 4.69) is 15.9 Å². The average molecular weight is 492 g/mol. The van der Waals surface area contributed by atoms with E-state index in [-0.39, 0.29) is 25.0 Å². The van der Waals surface area contributed by atoms with Gasteiger partial charge in [0.25, 0.3) is 0 Å². The standard InChI is InChI=1S/C26H22BrNO4/c1-3-31-26(30)25-17(2)28(20-11-7-10-19(27)14-20)23-13-12-21(15-22(23)25)32-16-24(29)18-8-5-4-6-9-18/h4-15H,3,16H2,1-2H3. The number of carbonyl (C=O) groups is 2. The van der Waals surface area contributed by atoms with Crippen LogP contribution in [-0.2, 0) is 4.74 Å². The fourth-order valence-electron chi connectivity index (χ4n) is 3.75. The summed E-state index contributed by atoms with van der Waals surface area (Å²) >= 11 is 3.52. The minimum Gasteiger partial charge on any atom is -0.485 e. The van der Waals surface area contributed by atoms with Crippen molar-refractivity contribution in [1.82, 2.24) is 4.57 Å². The van der Waals surface area contributed by atoms with Crippen molar-refractivity contribution in [3.8, 4) is 11.4 Å². The van der Waals surface area contributed by atoms with Gasteiger partial charge in [0.05, 0.1) is 17.7 Å². The predicted molar refractivity (Wildman–Crippen MR) is 128 cm³/mol. The number of ketones is 1. The van der Waals surface area contributed by atoms with Crippen LogP contribution in [0.1, 0.15) is 33.3 Å². The molecule has 0 N–H and O–H groups in total. The molecule has 0 unspecified atom stereocenters. The number of fused-ring (bicyclic) bond motifs is 1. The van der Waals surface area contributed by atoms with Crippen LogP contribution in [0.15, 0.2) is 77.3 Å². The van der Waals surface area contributed by atoms with Crippen LogP contribution in [0.5, 0.6) is 5.75 Å². The van der Waals surface area contributed by atoms with Gasteiger partial charge in [-0.15, -0.1) is 0 Å². The molecular formula is C26H22BrNO4. The van der Waals surface area contributed by atoms with E-state index in [9.17, 15) is 9.59 Å². The maximum absolute atomic E-state index is 12.8. The zero-order chi connectivity index (χ0) is 22.7. The SMILES string of the molecule is CCOC(=O)c1c(C)n(-c2cccc(Br)c2)c2ccc(OCC(=O)c3ccccc3)cc12. The molecule has 3 aromatic carbocycles. The Balaban J connectivity index is 1.75. The number of esters is 1. The first-order chi connectivity index (χ1) is 15.5. The second kappa shape index (κ2) is 9.40. The van der Waals surface area contributed by atoms with Gasteiger partial charge >= 0.3 is 5.97 Å². The van der Waals surface area contributed by atoms with Crippen LogP contribution in [0.25, 0.3) is 16.6 Å². The molecule has 0 atom stereocenters. The second-order valence-electron chi connectivity index (χ2n) is 7.25. The van der Waals surface area contributed by atoms with Crippen LogP contribution < -0.4 is 4.74 Å². The number of halogens is 1. The second-order valence-corrected chi connectivity index (χ2v) is 8.17. The zero-order valence-corrected chi connectivity index (χ0v) is 19.4. The molecule has 0 aliphatic heterocycles. The molecule has 0 fully saturated rings. The van der Waals surface area contributed by atoms with Gasteiger partial charge in [0, 0.05) is 26.8 Å². The van der Waals surface area contributed by atoms with Gasteiger partial charge in [-0.3, -0.25) is 4.79 Å². The molecular weight excluding hydrogens is 470 g/mol. The van der Waals surface area contributed by atoms with Crippen molar-refractivity contribution in [2.75, 3.05) is 13.2 Å². The first kappa shape index (κ1) is 21.8. The minimum atomic E-state index is -0.388. The maximum Gasteiger partial charge on any atom is 0.340 e. The minimum absolute atomic E-state index is 0.0877. The maximum atomic E-state index is 12.8. The Morgan fingerprint density at radius 1 is 0.969 bits per heavy atom. The molecule has 0 bridgehead atoms. The highest BCUT2D eigenvalue weighted by Crippen LogP contribution is 2.33. The van der Waals surface area contributed by atoms with E-state index < -0.39 is 0 Å². The van der Waals surface area contributed by atoms with E-state index in [1.807, 2.05) is 66.1 Å². The van der Waals surface area contributed by atoms with Crippen molar-refractivity contribution >= 4 is 38.6 Å². The predicted octanol–water partition coefficient (Wildman–Crippen LogP) is 6.14. The number of aromatic nitrogens is 1. The summed E-state index contributed by atoms with van der Waals surface area (Å²) in [5.41, 5.74) is 3.63. The summed E-state index contributed by atoms with van der Waals surface area (Å²) in [6.45, 7) is 3.87. The van der Waals surface area contributed by atoms with E-state index in [1.165, 1.54) is 0 Å². The zero-order valence-electron chi connectivity index (χ0n) is 17.8. The highest BCUT2D eigenvalue weighted by atomic mass is 79.9. The summed E-state index contributed by atoms with van der Waals surface area (Å²) in [6.07, 6.45) is 0. The normalized spacial score (nSPS) is 10.8. The van der Waals surface area contributed by atoms with Gasteiger partial charge < -0.3 is 14.0 Å². The smallest absolute Gasteiger partial charge is 0.340 e. The summed E-state index contributed by atoms with van der Waals surface area (Å²) in [5.74, 6) is 0.0131. The number of rotatable bonds is 7. The van der Waals surface area contributed by atoms with Gasteiger partial charge in [0.15, 0.2) is 12.4 Å². The quantitative estimate of drug-likeness (QED) is 0.230. The molecule has 0 saturated heterocycles. The molecule has 32 heavy (non-hydrogen) atoms. The first-order valence-corrected chi connectivity index (χ1v) is 11.1. The summed E-state index contributed by atoms with van der Waals surface area (Å²) in [6, 6.07) is 22.4. The fourth-order valence-corrected chi connectivity index (χ4v) is 4.14. The van der Waals surface area contributed by atoms with Crippen LogP contribution in [-0.4, -0.2) is 29.5 Å². The molecule has 6 heteroatoms. The van der Waals surface area contributed by atoms with E-state index in [1.54, 1.807) is 25.1 Å². The van der Waals surface area contributed by atoms with Crippen molar-refractivity contribution in [2.45, 2.75) is 13.8 Å². The molecule has 1 heterocycles. The van der Waals surface area contributed by atoms with Gasteiger partial charge in [-0.1, -0.05) is 52.3 Å². The van der Waals surface area contributed by atoms with E-state index in [0.717, 1.165) is 21.4 Å². The summed E-state index contributed by atoms with van der Waals surface area (Å²) in [4.78, 5) is 25.2. The molecule has 0 amide bonds. The van der Waals surface area contributed by atoms with Crippen LogP contribution in [0.3, 0.4) is 0 Å². The number of hydrogen-bond donors (Lipinski definition) is 0. The molecule has 0 aliphatic rings. The largest absolute Gasteiger partial charge is 0.485 e. The lowest BCUT2D eigenvalue weighted by Crippen LogP contribution is -2.11. The third-order valence-electron chi connectivity index (χ3n) is 5.19. The number of Topliss-reactive ketones (excluding diaryl/α,β-unsaturated/α-hetero) is 1. The lowest BCUT2D eigenvalue weighted by molar-refractivity contribution is 0.0527. The van der Waals surface area contributed by atoms with Crippen LogP contribution in [0, 0.1) is 6.92 Å². The third-order valence-corrected chi connectivity index (χ3v) is 5.68. The van der Waals surface area contributed by atoms with Gasteiger partial charge in [-0.05, 0) is 50.2 Å².